The number of aliphatic hydroxyl groups is 1. The molecule has 1 aromatic rings. The molecule has 1 N–H and O–H groups in total. The third-order valence-corrected chi connectivity index (χ3v) is 3.45. The Balaban J connectivity index is 2.02. The van der Waals surface area contributed by atoms with Crippen molar-refractivity contribution in [2.45, 2.75) is 19.3 Å². The number of rotatable bonds is 4. The molecule has 2 rings (SSSR count). The summed E-state index contributed by atoms with van der Waals surface area (Å²) in [5.41, 5.74) is 1.90. The van der Waals surface area contributed by atoms with Gasteiger partial charge < -0.3 is 10.0 Å². The molecule has 1 heterocycles. The zero-order valence-corrected chi connectivity index (χ0v) is 10.0. The smallest absolute Gasteiger partial charge is 0.150 e. The summed E-state index contributed by atoms with van der Waals surface area (Å²) in [5, 5.41) is 8.99. The molecular formula is C14H19NO2. The van der Waals surface area contributed by atoms with Crippen LogP contribution in [-0.2, 0) is 0 Å². The molecule has 1 saturated heterocycles. The van der Waals surface area contributed by atoms with Gasteiger partial charge in [-0.3, -0.25) is 4.79 Å². The minimum absolute atomic E-state index is 0.280. The van der Waals surface area contributed by atoms with Crippen molar-refractivity contribution in [3.8, 4) is 0 Å². The van der Waals surface area contributed by atoms with Crippen molar-refractivity contribution in [2.24, 2.45) is 5.92 Å². The average Bonchev–Trinajstić information content (AvgIpc) is 2.40. The molecule has 0 aliphatic carbocycles. The van der Waals surface area contributed by atoms with E-state index in [-0.39, 0.29) is 6.61 Å². The quantitative estimate of drug-likeness (QED) is 0.810. The third-order valence-electron chi connectivity index (χ3n) is 3.45. The first kappa shape index (κ1) is 12.1. The van der Waals surface area contributed by atoms with Crippen LogP contribution < -0.4 is 4.90 Å². The van der Waals surface area contributed by atoms with E-state index in [1.54, 1.807) is 0 Å². The van der Waals surface area contributed by atoms with E-state index in [1.807, 2.05) is 24.3 Å². The van der Waals surface area contributed by atoms with Crippen LogP contribution in [0.25, 0.3) is 0 Å². The second kappa shape index (κ2) is 5.82. The predicted molar refractivity (Wildman–Crippen MR) is 68.5 cm³/mol. The van der Waals surface area contributed by atoms with Crippen LogP contribution in [0.1, 0.15) is 29.6 Å². The Morgan fingerprint density at radius 1 is 1.35 bits per heavy atom. The Hall–Kier alpha value is -1.35. The van der Waals surface area contributed by atoms with Crippen molar-refractivity contribution in [1.29, 1.82) is 0 Å². The molecule has 92 valence electrons. The molecule has 1 aliphatic heterocycles. The summed E-state index contributed by atoms with van der Waals surface area (Å²) < 4.78 is 0. The Morgan fingerprint density at radius 3 is 2.76 bits per heavy atom. The highest BCUT2D eigenvalue weighted by Crippen LogP contribution is 2.24. The Kier molecular flexibility index (Phi) is 4.15. The maximum Gasteiger partial charge on any atom is 0.150 e. The van der Waals surface area contributed by atoms with E-state index in [2.05, 4.69) is 4.90 Å². The standard InChI is InChI=1S/C14H19NO2/c16-9-7-12-2-1-8-15(10-12)14-5-3-13(11-17)4-6-14/h3-6,11-12,16H,1-2,7-10H2. The first-order valence-corrected chi connectivity index (χ1v) is 6.24. The molecular weight excluding hydrogens is 214 g/mol. The number of benzene rings is 1. The molecule has 1 aromatic carbocycles. The van der Waals surface area contributed by atoms with Crippen LogP contribution in [-0.4, -0.2) is 31.1 Å². The monoisotopic (exact) mass is 233 g/mol. The average molecular weight is 233 g/mol. The van der Waals surface area contributed by atoms with E-state index in [4.69, 9.17) is 5.11 Å². The number of hydrogen-bond donors (Lipinski definition) is 1. The minimum Gasteiger partial charge on any atom is -0.396 e. The molecule has 0 aromatic heterocycles. The van der Waals surface area contributed by atoms with Gasteiger partial charge in [0.25, 0.3) is 0 Å². The lowest BCUT2D eigenvalue weighted by atomic mass is 9.95. The lowest BCUT2D eigenvalue weighted by Gasteiger charge is -2.34. The van der Waals surface area contributed by atoms with Gasteiger partial charge in [0.2, 0.25) is 0 Å². The highest BCUT2D eigenvalue weighted by atomic mass is 16.3. The molecule has 0 spiro atoms. The van der Waals surface area contributed by atoms with Crippen molar-refractivity contribution in [3.63, 3.8) is 0 Å². The lowest BCUT2D eigenvalue weighted by molar-refractivity contribution is 0.112. The van der Waals surface area contributed by atoms with Gasteiger partial charge in [-0.15, -0.1) is 0 Å². The zero-order chi connectivity index (χ0) is 12.1. The van der Waals surface area contributed by atoms with Crippen molar-refractivity contribution < 1.29 is 9.90 Å². The van der Waals surface area contributed by atoms with Gasteiger partial charge in [0.1, 0.15) is 6.29 Å². The van der Waals surface area contributed by atoms with Crippen molar-refractivity contribution in [2.75, 3.05) is 24.6 Å². The molecule has 0 amide bonds. The van der Waals surface area contributed by atoms with Crippen LogP contribution in [0.4, 0.5) is 5.69 Å². The van der Waals surface area contributed by atoms with Crippen LogP contribution >= 0.6 is 0 Å². The van der Waals surface area contributed by atoms with Gasteiger partial charge in [0.15, 0.2) is 0 Å². The Bertz CT molecular complexity index is 359. The molecule has 1 unspecified atom stereocenters. The van der Waals surface area contributed by atoms with Crippen LogP contribution in [0, 0.1) is 5.92 Å². The number of aldehydes is 1. The first-order chi connectivity index (χ1) is 8.33. The minimum atomic E-state index is 0.280. The van der Waals surface area contributed by atoms with Gasteiger partial charge in [-0.25, -0.2) is 0 Å². The van der Waals surface area contributed by atoms with E-state index in [0.29, 0.717) is 5.92 Å². The molecule has 3 nitrogen and oxygen atoms in total. The van der Waals surface area contributed by atoms with Crippen LogP contribution in [0.5, 0.6) is 0 Å². The molecule has 0 radical (unpaired) electrons. The molecule has 0 saturated carbocycles. The van der Waals surface area contributed by atoms with Gasteiger partial charge >= 0.3 is 0 Å². The molecule has 0 bridgehead atoms. The second-order valence-electron chi connectivity index (χ2n) is 4.68. The first-order valence-electron chi connectivity index (χ1n) is 6.24. The maximum atomic E-state index is 10.6. The molecule has 17 heavy (non-hydrogen) atoms. The fourth-order valence-electron chi connectivity index (χ4n) is 2.48. The van der Waals surface area contributed by atoms with Crippen molar-refractivity contribution in [1.82, 2.24) is 0 Å². The normalized spacial score (nSPS) is 20.3. The van der Waals surface area contributed by atoms with Crippen LogP contribution in [0.2, 0.25) is 0 Å². The topological polar surface area (TPSA) is 40.5 Å². The highest BCUT2D eigenvalue weighted by Gasteiger charge is 2.19. The summed E-state index contributed by atoms with van der Waals surface area (Å²) in [7, 11) is 0. The Labute approximate surface area is 102 Å². The van der Waals surface area contributed by atoms with Gasteiger partial charge in [-0.2, -0.15) is 0 Å². The third kappa shape index (κ3) is 3.07. The second-order valence-corrected chi connectivity index (χ2v) is 4.68. The summed E-state index contributed by atoms with van der Waals surface area (Å²) in [4.78, 5) is 12.9. The molecule has 1 fully saturated rings. The van der Waals surface area contributed by atoms with Gasteiger partial charge in [-0.05, 0) is 49.4 Å². The SMILES string of the molecule is O=Cc1ccc(N2CCCC(CCO)C2)cc1. The van der Waals surface area contributed by atoms with Gasteiger partial charge in [0.05, 0.1) is 0 Å². The van der Waals surface area contributed by atoms with Crippen molar-refractivity contribution >= 4 is 12.0 Å². The fraction of sp³-hybridized carbons (Fsp3) is 0.500. The number of aliphatic hydroxyl groups excluding tert-OH is 1. The summed E-state index contributed by atoms with van der Waals surface area (Å²) in [6.07, 6.45) is 4.15. The number of hydrogen-bond acceptors (Lipinski definition) is 3. The number of anilines is 1. The summed E-state index contributed by atoms with van der Waals surface area (Å²) >= 11 is 0. The van der Waals surface area contributed by atoms with Gasteiger partial charge in [-0.1, -0.05) is 0 Å². The maximum absolute atomic E-state index is 10.6. The van der Waals surface area contributed by atoms with E-state index in [0.717, 1.165) is 31.4 Å². The van der Waals surface area contributed by atoms with E-state index >= 15 is 0 Å². The Morgan fingerprint density at radius 2 is 2.12 bits per heavy atom. The predicted octanol–water partition coefficient (Wildman–Crippen LogP) is 2.10. The van der Waals surface area contributed by atoms with Crippen LogP contribution in [0.3, 0.4) is 0 Å². The van der Waals surface area contributed by atoms with E-state index < -0.39 is 0 Å². The largest absolute Gasteiger partial charge is 0.396 e. The number of nitrogens with zero attached hydrogens (tertiary/aromatic N) is 1. The number of piperidine rings is 1. The lowest BCUT2D eigenvalue weighted by Crippen LogP contribution is -2.35. The molecule has 3 heteroatoms. The molecule has 1 atom stereocenters. The number of carbonyl (C=O) groups is 1. The van der Waals surface area contributed by atoms with Gasteiger partial charge in [0, 0.05) is 30.9 Å². The summed E-state index contributed by atoms with van der Waals surface area (Å²) in [6.45, 7) is 2.37. The summed E-state index contributed by atoms with van der Waals surface area (Å²) in [5.74, 6) is 0.597. The summed E-state index contributed by atoms with van der Waals surface area (Å²) in [6, 6.07) is 7.73. The number of carbonyl (C=O) groups excluding carboxylic acids is 1. The zero-order valence-electron chi connectivity index (χ0n) is 10.0. The molecule has 1 aliphatic rings. The van der Waals surface area contributed by atoms with E-state index in [9.17, 15) is 4.79 Å². The van der Waals surface area contributed by atoms with E-state index in [1.165, 1.54) is 18.5 Å². The highest BCUT2D eigenvalue weighted by molar-refractivity contribution is 5.75. The fourth-order valence-corrected chi connectivity index (χ4v) is 2.48. The van der Waals surface area contributed by atoms with Crippen molar-refractivity contribution in [3.05, 3.63) is 29.8 Å². The van der Waals surface area contributed by atoms with Crippen LogP contribution in [0.15, 0.2) is 24.3 Å².